The van der Waals surface area contributed by atoms with Gasteiger partial charge >= 0.3 is 0 Å². The Kier molecular flexibility index (Phi) is 3.66. The Hall–Kier alpha value is -1.55. The second-order valence-corrected chi connectivity index (χ2v) is 6.41. The van der Waals surface area contributed by atoms with Crippen LogP contribution in [0.1, 0.15) is 25.8 Å². The Morgan fingerprint density at radius 2 is 2.30 bits per heavy atom. The third-order valence-electron chi connectivity index (χ3n) is 3.65. The Morgan fingerprint density at radius 1 is 1.45 bits per heavy atom. The number of fused-ring (bicyclic) bond motifs is 1. The van der Waals surface area contributed by atoms with Crippen molar-refractivity contribution in [1.82, 2.24) is 4.98 Å². The van der Waals surface area contributed by atoms with E-state index < -0.39 is 0 Å². The van der Waals surface area contributed by atoms with Crippen LogP contribution in [0.3, 0.4) is 0 Å². The molecule has 1 aromatic heterocycles. The van der Waals surface area contributed by atoms with E-state index in [0.29, 0.717) is 5.92 Å². The number of rotatable bonds is 3. The van der Waals surface area contributed by atoms with Gasteiger partial charge in [0, 0.05) is 10.9 Å². The van der Waals surface area contributed by atoms with Crippen molar-refractivity contribution in [3.8, 4) is 17.0 Å². The van der Waals surface area contributed by atoms with E-state index in [2.05, 4.69) is 54.7 Å². The van der Waals surface area contributed by atoms with Crippen LogP contribution in [0.5, 0.6) is 5.75 Å². The van der Waals surface area contributed by atoms with Crippen LogP contribution in [0.4, 0.5) is 5.69 Å². The molecule has 20 heavy (non-hydrogen) atoms. The van der Waals surface area contributed by atoms with Gasteiger partial charge in [-0.15, -0.1) is 11.3 Å². The number of benzene rings is 1. The molecule has 4 heteroatoms. The number of anilines is 1. The first-order chi connectivity index (χ1) is 9.67. The van der Waals surface area contributed by atoms with Crippen LogP contribution < -0.4 is 10.1 Å². The predicted molar refractivity (Wildman–Crippen MR) is 84.7 cm³/mol. The highest BCUT2D eigenvalue weighted by Gasteiger charge is 2.22. The van der Waals surface area contributed by atoms with Crippen molar-refractivity contribution in [2.45, 2.75) is 33.3 Å². The summed E-state index contributed by atoms with van der Waals surface area (Å²) in [6.07, 6.45) is 1.24. The Morgan fingerprint density at radius 3 is 3.00 bits per heavy atom. The summed E-state index contributed by atoms with van der Waals surface area (Å²) in [4.78, 5) is 4.64. The van der Waals surface area contributed by atoms with E-state index in [1.165, 1.54) is 5.01 Å². The third kappa shape index (κ3) is 2.52. The molecule has 3 rings (SSSR count). The summed E-state index contributed by atoms with van der Waals surface area (Å²) >= 11 is 1.72. The smallest absolute Gasteiger partial charge is 0.142 e. The van der Waals surface area contributed by atoms with E-state index in [0.717, 1.165) is 35.7 Å². The summed E-state index contributed by atoms with van der Waals surface area (Å²) < 4.78 is 6.03. The van der Waals surface area contributed by atoms with E-state index in [1.807, 2.05) is 0 Å². The van der Waals surface area contributed by atoms with Crippen molar-refractivity contribution in [2.24, 2.45) is 5.92 Å². The van der Waals surface area contributed by atoms with E-state index in [-0.39, 0.29) is 6.10 Å². The van der Waals surface area contributed by atoms with Gasteiger partial charge < -0.3 is 10.1 Å². The number of aromatic nitrogens is 1. The van der Waals surface area contributed by atoms with Crippen molar-refractivity contribution < 1.29 is 4.74 Å². The summed E-state index contributed by atoms with van der Waals surface area (Å²) in [6.45, 7) is 7.38. The zero-order valence-electron chi connectivity index (χ0n) is 12.1. The minimum absolute atomic E-state index is 0.249. The van der Waals surface area contributed by atoms with Gasteiger partial charge in [-0.3, -0.25) is 0 Å². The summed E-state index contributed by atoms with van der Waals surface area (Å²) in [5.41, 5.74) is 3.28. The Balaban J connectivity index is 1.87. The van der Waals surface area contributed by atoms with Gasteiger partial charge in [-0.1, -0.05) is 20.8 Å². The molecule has 0 bridgehead atoms. The summed E-state index contributed by atoms with van der Waals surface area (Å²) in [5, 5.41) is 6.78. The number of nitrogens with zero attached hydrogens (tertiary/aromatic N) is 1. The molecule has 106 valence electrons. The van der Waals surface area contributed by atoms with E-state index in [1.54, 1.807) is 11.3 Å². The second-order valence-electron chi connectivity index (χ2n) is 5.47. The summed E-state index contributed by atoms with van der Waals surface area (Å²) in [5.74, 6) is 1.46. The van der Waals surface area contributed by atoms with Gasteiger partial charge in [-0.25, -0.2) is 4.98 Å². The van der Waals surface area contributed by atoms with E-state index in [9.17, 15) is 0 Å². The zero-order valence-corrected chi connectivity index (χ0v) is 13.0. The lowest BCUT2D eigenvalue weighted by Gasteiger charge is -2.30. The highest BCUT2D eigenvalue weighted by Crippen LogP contribution is 2.35. The molecule has 1 aliphatic heterocycles. The van der Waals surface area contributed by atoms with Gasteiger partial charge in [-0.2, -0.15) is 0 Å². The maximum atomic E-state index is 6.03. The Bertz CT molecular complexity index is 606. The molecular formula is C16H20N2OS. The van der Waals surface area contributed by atoms with Gasteiger partial charge in [-0.05, 0) is 30.5 Å². The molecule has 0 fully saturated rings. The largest absolute Gasteiger partial charge is 0.486 e. The van der Waals surface area contributed by atoms with Crippen LogP contribution in [0.2, 0.25) is 0 Å². The monoisotopic (exact) mass is 288 g/mol. The molecule has 0 aliphatic carbocycles. The summed E-state index contributed by atoms with van der Waals surface area (Å²) in [7, 11) is 0. The number of hydrogen-bond acceptors (Lipinski definition) is 4. The normalized spacial score (nSPS) is 17.5. The maximum absolute atomic E-state index is 6.03. The van der Waals surface area contributed by atoms with Gasteiger partial charge in [0.05, 0.1) is 22.9 Å². The van der Waals surface area contributed by atoms with Gasteiger partial charge in [0.1, 0.15) is 11.9 Å². The molecule has 0 radical (unpaired) electrons. The Labute approximate surface area is 124 Å². The van der Waals surface area contributed by atoms with Gasteiger partial charge in [0.25, 0.3) is 0 Å². The van der Waals surface area contributed by atoms with Crippen molar-refractivity contribution in [3.63, 3.8) is 0 Å². The van der Waals surface area contributed by atoms with E-state index in [4.69, 9.17) is 4.74 Å². The minimum atomic E-state index is 0.249. The molecule has 3 nitrogen and oxygen atoms in total. The van der Waals surface area contributed by atoms with Crippen LogP contribution >= 0.6 is 11.3 Å². The molecule has 0 spiro atoms. The fraction of sp³-hybridized carbons (Fsp3) is 0.438. The minimum Gasteiger partial charge on any atom is -0.486 e. The molecule has 0 saturated heterocycles. The van der Waals surface area contributed by atoms with Gasteiger partial charge in [0.2, 0.25) is 0 Å². The lowest BCUT2D eigenvalue weighted by Crippen LogP contribution is -2.34. The second kappa shape index (κ2) is 5.44. The molecule has 1 unspecified atom stereocenters. The first-order valence-corrected chi connectivity index (χ1v) is 8.04. The number of ether oxygens (including phenoxy) is 1. The first kappa shape index (κ1) is 13.4. The van der Waals surface area contributed by atoms with Crippen molar-refractivity contribution in [2.75, 3.05) is 11.9 Å². The molecule has 0 saturated carbocycles. The molecule has 1 aromatic carbocycles. The lowest BCUT2D eigenvalue weighted by molar-refractivity contribution is 0.156. The van der Waals surface area contributed by atoms with Crippen molar-refractivity contribution >= 4 is 17.0 Å². The van der Waals surface area contributed by atoms with Crippen LogP contribution in [-0.2, 0) is 6.42 Å². The topological polar surface area (TPSA) is 34.2 Å². The lowest BCUT2D eigenvalue weighted by atomic mass is 10.0. The standard InChI is InChI=1S/C16H20N2OS/c1-4-16-18-13(9-20-16)11-5-6-14-12(7-11)17-8-15(19-14)10(2)3/h5-7,9-10,15,17H,4,8H2,1-3H3. The highest BCUT2D eigenvalue weighted by molar-refractivity contribution is 7.09. The number of hydrogen-bond donors (Lipinski definition) is 1. The fourth-order valence-electron chi connectivity index (χ4n) is 2.32. The number of nitrogens with one attached hydrogen (secondary N) is 1. The third-order valence-corrected chi connectivity index (χ3v) is 4.64. The average molecular weight is 288 g/mol. The molecule has 2 heterocycles. The maximum Gasteiger partial charge on any atom is 0.142 e. The molecule has 0 amide bonds. The summed E-state index contributed by atoms with van der Waals surface area (Å²) in [6, 6.07) is 6.29. The van der Waals surface area contributed by atoms with Crippen LogP contribution in [0.25, 0.3) is 11.3 Å². The zero-order chi connectivity index (χ0) is 14.1. The molecular weight excluding hydrogens is 268 g/mol. The SMILES string of the molecule is CCc1nc(-c2ccc3c(c2)NCC(C(C)C)O3)cs1. The van der Waals surface area contributed by atoms with Crippen molar-refractivity contribution in [3.05, 3.63) is 28.6 Å². The number of thiazole rings is 1. The van der Waals surface area contributed by atoms with Crippen molar-refractivity contribution in [1.29, 1.82) is 0 Å². The predicted octanol–water partition coefficient (Wildman–Crippen LogP) is 4.20. The average Bonchev–Trinajstić information content (AvgIpc) is 2.95. The molecule has 1 aliphatic rings. The molecule has 2 aromatic rings. The van der Waals surface area contributed by atoms with Gasteiger partial charge in [0.15, 0.2) is 0 Å². The number of aryl methyl sites for hydroxylation is 1. The van der Waals surface area contributed by atoms with Crippen LogP contribution in [0, 0.1) is 5.92 Å². The quantitative estimate of drug-likeness (QED) is 0.919. The molecule has 1 N–H and O–H groups in total. The fourth-order valence-corrected chi connectivity index (χ4v) is 3.08. The van der Waals surface area contributed by atoms with E-state index >= 15 is 0 Å². The molecule has 1 atom stereocenters. The highest BCUT2D eigenvalue weighted by atomic mass is 32.1. The first-order valence-electron chi connectivity index (χ1n) is 7.16. The van der Waals surface area contributed by atoms with Crippen LogP contribution in [0.15, 0.2) is 23.6 Å². The van der Waals surface area contributed by atoms with Crippen LogP contribution in [-0.4, -0.2) is 17.6 Å².